The fourth-order valence-electron chi connectivity index (χ4n) is 5.42. The van der Waals surface area contributed by atoms with Gasteiger partial charge in [0, 0.05) is 38.9 Å². The van der Waals surface area contributed by atoms with E-state index in [1.54, 1.807) is 6.07 Å². The fourth-order valence-corrected chi connectivity index (χ4v) is 5.42. The Morgan fingerprint density at radius 3 is 2.63 bits per heavy atom. The summed E-state index contributed by atoms with van der Waals surface area (Å²) < 4.78 is 5.50. The Kier molecular flexibility index (Phi) is 5.52. The number of hydrogen-bond donors (Lipinski definition) is 2. The molecule has 0 bridgehead atoms. The molecule has 0 spiro atoms. The number of likely N-dealkylation sites (tertiary alicyclic amines) is 1. The minimum Gasteiger partial charge on any atom is -0.381 e. The van der Waals surface area contributed by atoms with Gasteiger partial charge < -0.3 is 15.0 Å². The molecule has 2 aromatic rings. The lowest BCUT2D eigenvalue weighted by Crippen LogP contribution is -2.32. The molecule has 0 amide bonds. The zero-order valence-electron chi connectivity index (χ0n) is 17.5. The highest BCUT2D eigenvalue weighted by molar-refractivity contribution is 5.58. The van der Waals surface area contributed by atoms with Crippen LogP contribution in [0.3, 0.4) is 0 Å². The Hall–Kier alpha value is -2.32. The van der Waals surface area contributed by atoms with E-state index in [9.17, 15) is 4.79 Å². The second kappa shape index (κ2) is 8.43. The summed E-state index contributed by atoms with van der Waals surface area (Å²) in [5, 5.41) is 18.5. The van der Waals surface area contributed by atoms with Crippen molar-refractivity contribution in [1.82, 2.24) is 25.3 Å². The first-order chi connectivity index (χ1) is 14.6. The van der Waals surface area contributed by atoms with E-state index in [1.807, 2.05) is 19.1 Å². The fraction of sp³-hybridized carbons (Fsp3) is 0.636. The quantitative estimate of drug-likeness (QED) is 0.779. The van der Waals surface area contributed by atoms with E-state index in [1.165, 1.54) is 45.3 Å². The molecule has 3 aliphatic rings. The van der Waals surface area contributed by atoms with Crippen molar-refractivity contribution < 1.29 is 4.74 Å². The van der Waals surface area contributed by atoms with Crippen molar-refractivity contribution in [3.8, 4) is 11.3 Å². The summed E-state index contributed by atoms with van der Waals surface area (Å²) in [6, 6.07) is 5.96. The highest BCUT2D eigenvalue weighted by atomic mass is 16.5. The van der Waals surface area contributed by atoms with Crippen LogP contribution in [0.2, 0.25) is 0 Å². The number of aromatic nitrogens is 4. The van der Waals surface area contributed by atoms with Gasteiger partial charge in [-0.1, -0.05) is 0 Å². The molecular formula is C22H30N6O2. The Bertz CT molecular complexity index is 910. The van der Waals surface area contributed by atoms with Gasteiger partial charge in [-0.15, -0.1) is 10.2 Å². The number of ether oxygens (including phenoxy) is 1. The third-order valence-corrected chi connectivity index (χ3v) is 6.91. The van der Waals surface area contributed by atoms with E-state index in [0.29, 0.717) is 17.3 Å². The van der Waals surface area contributed by atoms with Crippen molar-refractivity contribution in [2.24, 2.45) is 17.8 Å². The molecule has 5 rings (SSSR count). The second-order valence-electron chi connectivity index (χ2n) is 9.16. The Labute approximate surface area is 176 Å². The molecule has 1 aliphatic carbocycles. The zero-order chi connectivity index (χ0) is 20.5. The summed E-state index contributed by atoms with van der Waals surface area (Å²) >= 11 is 0. The molecule has 0 radical (unpaired) electrons. The third-order valence-electron chi connectivity index (χ3n) is 6.91. The predicted octanol–water partition coefficient (Wildman–Crippen LogP) is 2.08. The van der Waals surface area contributed by atoms with Crippen LogP contribution in [0.25, 0.3) is 11.3 Å². The van der Waals surface area contributed by atoms with E-state index >= 15 is 0 Å². The molecule has 2 aliphatic heterocycles. The van der Waals surface area contributed by atoms with Gasteiger partial charge in [0.1, 0.15) is 5.82 Å². The monoisotopic (exact) mass is 410 g/mol. The lowest BCUT2D eigenvalue weighted by atomic mass is 10.00. The maximum atomic E-state index is 12.0. The zero-order valence-corrected chi connectivity index (χ0v) is 17.5. The molecule has 1 unspecified atom stereocenters. The van der Waals surface area contributed by atoms with Crippen LogP contribution in [0.1, 0.15) is 31.4 Å². The summed E-state index contributed by atoms with van der Waals surface area (Å²) in [6.45, 7) is 7.42. The van der Waals surface area contributed by atoms with E-state index < -0.39 is 0 Å². The summed E-state index contributed by atoms with van der Waals surface area (Å²) in [7, 11) is 0. The number of fused-ring (bicyclic) bond motifs is 1. The number of aromatic amines is 1. The van der Waals surface area contributed by atoms with Crippen molar-refractivity contribution in [3.05, 3.63) is 34.2 Å². The minimum atomic E-state index is -0.246. The molecule has 30 heavy (non-hydrogen) atoms. The molecule has 2 aromatic heterocycles. The highest BCUT2D eigenvalue weighted by Gasteiger charge is 2.41. The SMILES string of the molecule is Cc1cc(-c2ccc(NC3C[C@@H]4CN(CC5CCOCC5)C[C@@H]4C3)nn2)c(=O)[nH]n1. The summed E-state index contributed by atoms with van der Waals surface area (Å²) in [5.41, 5.74) is 1.57. The Morgan fingerprint density at radius 1 is 1.17 bits per heavy atom. The van der Waals surface area contributed by atoms with Crippen LogP contribution in [-0.4, -0.2) is 64.2 Å². The Balaban J connectivity index is 1.15. The van der Waals surface area contributed by atoms with Crippen molar-refractivity contribution in [2.75, 3.05) is 38.2 Å². The summed E-state index contributed by atoms with van der Waals surface area (Å²) in [4.78, 5) is 14.7. The first kappa shape index (κ1) is 19.6. The number of rotatable bonds is 5. The molecule has 4 heterocycles. The smallest absolute Gasteiger partial charge is 0.273 e. The highest BCUT2D eigenvalue weighted by Crippen LogP contribution is 2.39. The van der Waals surface area contributed by atoms with Gasteiger partial charge in [-0.3, -0.25) is 4.79 Å². The first-order valence-electron chi connectivity index (χ1n) is 11.1. The van der Waals surface area contributed by atoms with Gasteiger partial charge in [-0.05, 0) is 68.6 Å². The van der Waals surface area contributed by atoms with E-state index in [4.69, 9.17) is 4.74 Å². The number of nitrogens with one attached hydrogen (secondary N) is 2. The van der Waals surface area contributed by atoms with Gasteiger partial charge in [0.2, 0.25) is 0 Å². The van der Waals surface area contributed by atoms with Gasteiger partial charge in [-0.2, -0.15) is 5.10 Å². The van der Waals surface area contributed by atoms with Gasteiger partial charge in [0.05, 0.1) is 17.0 Å². The number of H-pyrrole nitrogens is 1. The molecule has 3 atom stereocenters. The predicted molar refractivity (Wildman–Crippen MR) is 114 cm³/mol. The minimum absolute atomic E-state index is 0.246. The van der Waals surface area contributed by atoms with E-state index in [2.05, 4.69) is 30.6 Å². The molecule has 0 aromatic carbocycles. The first-order valence-corrected chi connectivity index (χ1v) is 11.1. The topological polar surface area (TPSA) is 96.0 Å². The molecule has 2 N–H and O–H groups in total. The van der Waals surface area contributed by atoms with Gasteiger partial charge in [0.15, 0.2) is 0 Å². The van der Waals surface area contributed by atoms with Crippen LogP contribution < -0.4 is 10.9 Å². The van der Waals surface area contributed by atoms with E-state index in [0.717, 1.165) is 42.5 Å². The molecule has 3 fully saturated rings. The van der Waals surface area contributed by atoms with Crippen molar-refractivity contribution in [1.29, 1.82) is 0 Å². The van der Waals surface area contributed by atoms with Crippen molar-refractivity contribution in [2.45, 2.75) is 38.6 Å². The molecule has 8 heteroatoms. The van der Waals surface area contributed by atoms with Crippen LogP contribution in [0.5, 0.6) is 0 Å². The van der Waals surface area contributed by atoms with Gasteiger partial charge >= 0.3 is 0 Å². The van der Waals surface area contributed by atoms with Crippen molar-refractivity contribution in [3.63, 3.8) is 0 Å². The lowest BCUT2D eigenvalue weighted by molar-refractivity contribution is 0.0545. The molecule has 160 valence electrons. The average Bonchev–Trinajstić information content (AvgIpc) is 3.29. The van der Waals surface area contributed by atoms with Crippen LogP contribution in [0.15, 0.2) is 23.0 Å². The van der Waals surface area contributed by atoms with Crippen LogP contribution in [-0.2, 0) is 4.74 Å². The van der Waals surface area contributed by atoms with Crippen LogP contribution in [0, 0.1) is 24.7 Å². The van der Waals surface area contributed by atoms with Crippen LogP contribution in [0.4, 0.5) is 5.82 Å². The normalized spacial score (nSPS) is 27.3. The number of hydrogen-bond acceptors (Lipinski definition) is 7. The summed E-state index contributed by atoms with van der Waals surface area (Å²) in [6.07, 6.45) is 4.83. The summed E-state index contributed by atoms with van der Waals surface area (Å²) in [5.74, 6) is 3.17. The molecule has 1 saturated carbocycles. The third kappa shape index (κ3) is 4.25. The molecule has 8 nitrogen and oxygen atoms in total. The van der Waals surface area contributed by atoms with Crippen LogP contribution >= 0.6 is 0 Å². The largest absolute Gasteiger partial charge is 0.381 e. The number of anilines is 1. The maximum absolute atomic E-state index is 12.0. The standard InChI is InChI=1S/C22H30N6O2/c1-14-8-19(22(29)27-24-14)20-2-3-21(26-25-20)23-18-9-16-12-28(13-17(16)10-18)11-15-4-6-30-7-5-15/h2-3,8,15-18H,4-7,9-13H2,1H3,(H,23,26)(H,27,29)/t16-,17+,18?. The van der Waals surface area contributed by atoms with Crippen molar-refractivity contribution >= 4 is 5.82 Å². The number of nitrogens with zero attached hydrogens (tertiary/aromatic N) is 4. The Morgan fingerprint density at radius 2 is 1.93 bits per heavy atom. The second-order valence-corrected chi connectivity index (χ2v) is 9.16. The molecule has 2 saturated heterocycles. The number of aryl methyl sites for hydroxylation is 1. The van der Waals surface area contributed by atoms with Gasteiger partial charge in [0.25, 0.3) is 5.56 Å². The lowest BCUT2D eigenvalue weighted by Gasteiger charge is -2.27. The molecular weight excluding hydrogens is 380 g/mol. The van der Waals surface area contributed by atoms with Gasteiger partial charge in [-0.25, -0.2) is 5.10 Å². The van der Waals surface area contributed by atoms with E-state index in [-0.39, 0.29) is 5.56 Å². The maximum Gasteiger partial charge on any atom is 0.273 e. The average molecular weight is 411 g/mol.